The van der Waals surface area contributed by atoms with Crippen LogP contribution >= 0.6 is 0 Å². The average molecular weight is 222 g/mol. The number of alkyl halides is 2. The zero-order valence-electron chi connectivity index (χ0n) is 8.59. The third-order valence-corrected chi connectivity index (χ3v) is 2.61. The summed E-state index contributed by atoms with van der Waals surface area (Å²) in [6.45, 7) is 1.11. The van der Waals surface area contributed by atoms with Gasteiger partial charge in [-0.1, -0.05) is 6.92 Å². The van der Waals surface area contributed by atoms with Crippen molar-refractivity contribution < 1.29 is 18.7 Å². The Hall–Kier alpha value is -0.750. The van der Waals surface area contributed by atoms with Gasteiger partial charge in [0.05, 0.1) is 12.5 Å². The van der Waals surface area contributed by atoms with Gasteiger partial charge >= 0.3 is 0 Å². The summed E-state index contributed by atoms with van der Waals surface area (Å²) in [6.07, 6.45) is 0. The Morgan fingerprint density at radius 1 is 1.60 bits per heavy atom. The highest BCUT2D eigenvalue weighted by Crippen LogP contribution is 2.16. The van der Waals surface area contributed by atoms with Crippen LogP contribution in [0.2, 0.25) is 0 Å². The van der Waals surface area contributed by atoms with Gasteiger partial charge in [0.15, 0.2) is 0 Å². The average Bonchev–Trinajstić information content (AvgIpc) is 2.61. The summed E-state index contributed by atoms with van der Waals surface area (Å²) in [5, 5.41) is 13.5. The molecule has 4 nitrogen and oxygen atoms in total. The monoisotopic (exact) mass is 222 g/mol. The number of hydrogen-bond acceptors (Lipinski definition) is 3. The Balaban J connectivity index is 2.36. The van der Waals surface area contributed by atoms with E-state index in [0.717, 1.165) is 6.54 Å². The number of aliphatic hydroxyl groups is 1. The summed E-state index contributed by atoms with van der Waals surface area (Å²) in [5.74, 6) is -3.70. The van der Waals surface area contributed by atoms with Gasteiger partial charge in [0.1, 0.15) is 6.61 Å². The maximum absolute atomic E-state index is 12.6. The Morgan fingerprint density at radius 3 is 2.73 bits per heavy atom. The van der Waals surface area contributed by atoms with Crippen LogP contribution in [0, 0.1) is 11.8 Å². The van der Waals surface area contributed by atoms with Crippen molar-refractivity contribution >= 4 is 5.91 Å². The largest absolute Gasteiger partial charge is 0.390 e. The summed E-state index contributed by atoms with van der Waals surface area (Å²) in [4.78, 5) is 11.5. The second-order valence-electron chi connectivity index (χ2n) is 3.97. The first kappa shape index (κ1) is 12.3. The number of hydrogen-bond donors (Lipinski definition) is 3. The molecule has 6 heteroatoms. The van der Waals surface area contributed by atoms with E-state index in [1.165, 1.54) is 0 Å². The molecular formula is C9H16F2N2O2. The van der Waals surface area contributed by atoms with Gasteiger partial charge in [0.2, 0.25) is 5.91 Å². The van der Waals surface area contributed by atoms with Crippen LogP contribution in [0.15, 0.2) is 0 Å². The summed E-state index contributed by atoms with van der Waals surface area (Å²) >= 11 is 0. The van der Waals surface area contributed by atoms with Crippen LogP contribution < -0.4 is 10.6 Å². The minimum Gasteiger partial charge on any atom is -0.390 e. The first-order valence-corrected chi connectivity index (χ1v) is 4.93. The van der Waals surface area contributed by atoms with E-state index >= 15 is 0 Å². The predicted octanol–water partition coefficient (Wildman–Crippen LogP) is -0.414. The third-order valence-electron chi connectivity index (χ3n) is 2.61. The Labute approximate surface area is 87.0 Å². The van der Waals surface area contributed by atoms with Crippen LogP contribution in [-0.2, 0) is 4.79 Å². The molecule has 0 radical (unpaired) electrons. The highest BCUT2D eigenvalue weighted by molar-refractivity contribution is 5.79. The lowest BCUT2D eigenvalue weighted by Gasteiger charge is -2.17. The molecule has 1 rings (SSSR count). The highest BCUT2D eigenvalue weighted by atomic mass is 19.3. The van der Waals surface area contributed by atoms with Crippen molar-refractivity contribution in [1.82, 2.24) is 10.6 Å². The van der Waals surface area contributed by atoms with Crippen molar-refractivity contribution in [2.75, 3.05) is 26.2 Å². The molecule has 1 aliphatic heterocycles. The molecule has 1 fully saturated rings. The summed E-state index contributed by atoms with van der Waals surface area (Å²) < 4.78 is 25.2. The zero-order valence-corrected chi connectivity index (χ0v) is 8.59. The standard InChI is InChI=1S/C9H16F2N2O2/c1-6-2-12-3-7(6)8(15)13-4-9(10,11)5-14/h6-7,12,14H,2-5H2,1H3,(H,13,15). The van der Waals surface area contributed by atoms with Crippen LogP contribution in [0.4, 0.5) is 8.78 Å². The van der Waals surface area contributed by atoms with Crippen molar-refractivity contribution in [3.8, 4) is 0 Å². The van der Waals surface area contributed by atoms with Crippen molar-refractivity contribution in [2.24, 2.45) is 11.8 Å². The van der Waals surface area contributed by atoms with E-state index in [1.807, 2.05) is 6.92 Å². The quantitative estimate of drug-likeness (QED) is 0.605. The van der Waals surface area contributed by atoms with E-state index < -0.39 is 19.1 Å². The molecule has 1 amide bonds. The summed E-state index contributed by atoms with van der Waals surface area (Å²) in [6, 6.07) is 0. The van der Waals surface area contributed by atoms with Crippen LogP contribution in [0.5, 0.6) is 0 Å². The minimum absolute atomic E-state index is 0.160. The molecule has 1 heterocycles. The molecule has 0 aromatic heterocycles. The maximum Gasteiger partial charge on any atom is 0.287 e. The van der Waals surface area contributed by atoms with Gasteiger partial charge < -0.3 is 15.7 Å². The molecule has 0 aliphatic carbocycles. The van der Waals surface area contributed by atoms with E-state index in [-0.39, 0.29) is 17.7 Å². The topological polar surface area (TPSA) is 61.4 Å². The van der Waals surface area contributed by atoms with Gasteiger partial charge in [0.25, 0.3) is 5.92 Å². The fourth-order valence-corrected chi connectivity index (χ4v) is 1.56. The number of rotatable bonds is 4. The number of amides is 1. The van der Waals surface area contributed by atoms with E-state index in [4.69, 9.17) is 5.11 Å². The fraction of sp³-hybridized carbons (Fsp3) is 0.889. The number of halogens is 2. The van der Waals surface area contributed by atoms with E-state index in [2.05, 4.69) is 10.6 Å². The summed E-state index contributed by atoms with van der Waals surface area (Å²) in [5.41, 5.74) is 0. The van der Waals surface area contributed by atoms with Gasteiger partial charge in [0, 0.05) is 6.54 Å². The smallest absolute Gasteiger partial charge is 0.287 e. The van der Waals surface area contributed by atoms with E-state index in [9.17, 15) is 13.6 Å². The molecule has 0 spiro atoms. The molecular weight excluding hydrogens is 206 g/mol. The van der Waals surface area contributed by atoms with Crippen molar-refractivity contribution in [3.05, 3.63) is 0 Å². The van der Waals surface area contributed by atoms with Gasteiger partial charge in [-0.05, 0) is 12.5 Å². The van der Waals surface area contributed by atoms with E-state index in [1.54, 1.807) is 0 Å². The molecule has 1 aliphatic rings. The highest BCUT2D eigenvalue weighted by Gasteiger charge is 2.33. The Morgan fingerprint density at radius 2 is 2.27 bits per heavy atom. The lowest BCUT2D eigenvalue weighted by atomic mass is 9.97. The SMILES string of the molecule is CC1CNCC1C(=O)NCC(F)(F)CO. The second kappa shape index (κ2) is 4.85. The third kappa shape index (κ3) is 3.39. The normalized spacial score (nSPS) is 26.7. The van der Waals surface area contributed by atoms with Crippen LogP contribution in [0.3, 0.4) is 0 Å². The van der Waals surface area contributed by atoms with Gasteiger partial charge in [-0.15, -0.1) is 0 Å². The van der Waals surface area contributed by atoms with Gasteiger partial charge in [-0.2, -0.15) is 0 Å². The fourth-order valence-electron chi connectivity index (χ4n) is 1.56. The molecule has 2 atom stereocenters. The van der Waals surface area contributed by atoms with Gasteiger partial charge in [-0.3, -0.25) is 4.79 Å². The molecule has 0 bridgehead atoms. The lowest BCUT2D eigenvalue weighted by molar-refractivity contribution is -0.128. The Kier molecular flexibility index (Phi) is 3.98. The zero-order chi connectivity index (χ0) is 11.5. The number of carbonyl (C=O) groups excluding carboxylic acids is 1. The first-order chi connectivity index (χ1) is 6.96. The molecule has 0 saturated carbocycles. The van der Waals surface area contributed by atoms with Crippen LogP contribution in [-0.4, -0.2) is 43.2 Å². The van der Waals surface area contributed by atoms with Crippen LogP contribution in [0.1, 0.15) is 6.92 Å². The minimum atomic E-state index is -3.23. The predicted molar refractivity (Wildman–Crippen MR) is 50.6 cm³/mol. The molecule has 1 saturated heterocycles. The molecule has 0 aromatic rings. The van der Waals surface area contributed by atoms with E-state index in [0.29, 0.717) is 6.54 Å². The lowest BCUT2D eigenvalue weighted by Crippen LogP contribution is -2.42. The van der Waals surface area contributed by atoms with Crippen LogP contribution in [0.25, 0.3) is 0 Å². The maximum atomic E-state index is 12.6. The van der Waals surface area contributed by atoms with Gasteiger partial charge in [-0.25, -0.2) is 8.78 Å². The van der Waals surface area contributed by atoms with Crippen molar-refractivity contribution in [3.63, 3.8) is 0 Å². The summed E-state index contributed by atoms with van der Waals surface area (Å²) in [7, 11) is 0. The second-order valence-corrected chi connectivity index (χ2v) is 3.97. The number of carbonyl (C=O) groups is 1. The Bertz CT molecular complexity index is 236. The molecule has 0 aromatic carbocycles. The van der Waals surface area contributed by atoms with Crippen molar-refractivity contribution in [2.45, 2.75) is 12.8 Å². The number of nitrogens with one attached hydrogen (secondary N) is 2. The molecule has 88 valence electrons. The first-order valence-electron chi connectivity index (χ1n) is 4.93. The molecule has 2 unspecified atom stereocenters. The molecule has 15 heavy (non-hydrogen) atoms. The molecule has 3 N–H and O–H groups in total. The number of aliphatic hydroxyl groups excluding tert-OH is 1. The van der Waals surface area contributed by atoms with Crippen molar-refractivity contribution in [1.29, 1.82) is 0 Å².